The molecule has 0 aliphatic rings. The Labute approximate surface area is 119 Å². The number of nitrogens with one attached hydrogen (secondary N) is 1. The third-order valence-corrected chi connectivity index (χ3v) is 3.20. The van der Waals surface area contributed by atoms with Crippen LogP contribution >= 0.6 is 0 Å². The van der Waals surface area contributed by atoms with E-state index in [-0.39, 0.29) is 6.04 Å². The van der Waals surface area contributed by atoms with Crippen LogP contribution in [0.2, 0.25) is 0 Å². The Morgan fingerprint density at radius 3 is 2.80 bits per heavy atom. The lowest BCUT2D eigenvalue weighted by Crippen LogP contribution is -2.12. The molecule has 0 aliphatic carbocycles. The molecule has 1 aromatic carbocycles. The number of nitrogens with zero attached hydrogens (tertiary/aromatic N) is 2. The highest BCUT2D eigenvalue weighted by molar-refractivity contribution is 5.57. The van der Waals surface area contributed by atoms with Crippen LogP contribution in [0.25, 0.3) is 0 Å². The summed E-state index contributed by atoms with van der Waals surface area (Å²) in [6.07, 6.45) is 3.73. The van der Waals surface area contributed by atoms with Crippen LogP contribution in [-0.4, -0.2) is 30.4 Å². The van der Waals surface area contributed by atoms with Gasteiger partial charge in [-0.05, 0) is 37.6 Å². The molecule has 1 N–H and O–H groups in total. The number of anilines is 2. The molecule has 1 atom stereocenters. The molecule has 0 spiro atoms. The molecule has 0 saturated heterocycles. The fourth-order valence-corrected chi connectivity index (χ4v) is 2.17. The van der Waals surface area contributed by atoms with Crippen LogP contribution in [-0.2, 0) is 4.74 Å². The Morgan fingerprint density at radius 1 is 1.35 bits per heavy atom. The van der Waals surface area contributed by atoms with Gasteiger partial charge in [0.1, 0.15) is 5.75 Å². The van der Waals surface area contributed by atoms with Gasteiger partial charge in [-0.3, -0.25) is 0 Å². The summed E-state index contributed by atoms with van der Waals surface area (Å²) in [7, 11) is 3.38. The summed E-state index contributed by atoms with van der Waals surface area (Å²) in [5.41, 5.74) is 2.07. The van der Waals surface area contributed by atoms with Crippen LogP contribution in [0.1, 0.15) is 18.5 Å². The van der Waals surface area contributed by atoms with Crippen LogP contribution in [0.5, 0.6) is 5.75 Å². The van der Waals surface area contributed by atoms with Crippen molar-refractivity contribution in [2.45, 2.75) is 19.9 Å². The van der Waals surface area contributed by atoms with E-state index in [1.807, 2.05) is 31.3 Å². The van der Waals surface area contributed by atoms with Crippen LogP contribution in [0.15, 0.2) is 30.6 Å². The van der Waals surface area contributed by atoms with Gasteiger partial charge in [0, 0.05) is 25.2 Å². The van der Waals surface area contributed by atoms with Gasteiger partial charge in [0.05, 0.1) is 19.8 Å². The number of rotatable bonds is 6. The second-order valence-corrected chi connectivity index (χ2v) is 4.77. The summed E-state index contributed by atoms with van der Waals surface area (Å²) in [6.45, 7) is 4.76. The van der Waals surface area contributed by atoms with Crippen molar-refractivity contribution in [3.63, 3.8) is 0 Å². The van der Waals surface area contributed by atoms with Gasteiger partial charge in [0.25, 0.3) is 0 Å². The predicted molar refractivity (Wildman–Crippen MR) is 79.8 cm³/mol. The van der Waals surface area contributed by atoms with Gasteiger partial charge < -0.3 is 19.4 Å². The van der Waals surface area contributed by atoms with E-state index in [4.69, 9.17) is 9.47 Å². The fraction of sp³-hybridized carbons (Fsp3) is 0.400. The lowest BCUT2D eigenvalue weighted by Gasteiger charge is -2.16. The van der Waals surface area contributed by atoms with E-state index in [1.165, 1.54) is 0 Å². The zero-order valence-corrected chi connectivity index (χ0v) is 12.4. The van der Waals surface area contributed by atoms with Crippen molar-refractivity contribution in [1.29, 1.82) is 0 Å². The molecule has 0 bridgehead atoms. The number of ether oxygens (including phenoxy) is 2. The first-order valence-corrected chi connectivity index (χ1v) is 6.59. The standard InChI is InChI=1S/C15H21N3O2/c1-11-9-13(5-6-14(11)20-4)17-15-16-7-8-18(15)12(2)10-19-3/h5-9,12H,10H2,1-4H3,(H,16,17). The zero-order valence-electron chi connectivity index (χ0n) is 12.4. The number of aryl methyl sites for hydroxylation is 1. The topological polar surface area (TPSA) is 48.3 Å². The minimum atomic E-state index is 0.226. The first-order valence-electron chi connectivity index (χ1n) is 6.59. The van der Waals surface area contributed by atoms with Gasteiger partial charge in [0.15, 0.2) is 0 Å². The smallest absolute Gasteiger partial charge is 0.207 e. The van der Waals surface area contributed by atoms with Crippen molar-refractivity contribution in [3.05, 3.63) is 36.2 Å². The quantitative estimate of drug-likeness (QED) is 0.879. The number of methoxy groups -OCH3 is 2. The summed E-state index contributed by atoms with van der Waals surface area (Å²) in [5, 5.41) is 3.32. The normalized spacial score (nSPS) is 12.2. The maximum absolute atomic E-state index is 5.26. The average Bonchev–Trinajstić information content (AvgIpc) is 2.87. The number of aromatic nitrogens is 2. The highest BCUT2D eigenvalue weighted by Gasteiger charge is 2.10. The minimum Gasteiger partial charge on any atom is -0.496 e. The van der Waals surface area contributed by atoms with Gasteiger partial charge in [-0.15, -0.1) is 0 Å². The summed E-state index contributed by atoms with van der Waals surface area (Å²) in [6, 6.07) is 6.19. The Morgan fingerprint density at radius 2 is 2.15 bits per heavy atom. The number of hydrogen-bond acceptors (Lipinski definition) is 4. The van der Waals surface area contributed by atoms with E-state index in [1.54, 1.807) is 20.4 Å². The molecule has 1 heterocycles. The molecule has 108 valence electrons. The predicted octanol–water partition coefficient (Wildman–Crippen LogP) is 3.15. The van der Waals surface area contributed by atoms with Crippen molar-refractivity contribution in [3.8, 4) is 5.75 Å². The second kappa shape index (κ2) is 6.43. The van der Waals surface area contributed by atoms with Crippen molar-refractivity contribution >= 4 is 11.6 Å². The van der Waals surface area contributed by atoms with Crippen LogP contribution in [0, 0.1) is 6.92 Å². The van der Waals surface area contributed by atoms with Crippen molar-refractivity contribution in [2.75, 3.05) is 26.1 Å². The number of hydrogen-bond donors (Lipinski definition) is 1. The molecule has 2 rings (SSSR count). The van der Waals surface area contributed by atoms with E-state index in [2.05, 4.69) is 21.8 Å². The minimum absolute atomic E-state index is 0.226. The van der Waals surface area contributed by atoms with E-state index < -0.39 is 0 Å². The highest BCUT2D eigenvalue weighted by atomic mass is 16.5. The maximum Gasteiger partial charge on any atom is 0.207 e. The van der Waals surface area contributed by atoms with Gasteiger partial charge in [0.2, 0.25) is 5.95 Å². The van der Waals surface area contributed by atoms with E-state index >= 15 is 0 Å². The summed E-state index contributed by atoms with van der Waals surface area (Å²) < 4.78 is 12.5. The molecule has 0 aliphatic heterocycles. The van der Waals surface area contributed by atoms with Gasteiger partial charge >= 0.3 is 0 Å². The van der Waals surface area contributed by atoms with Gasteiger partial charge in [-0.2, -0.15) is 0 Å². The molecular formula is C15H21N3O2. The molecule has 20 heavy (non-hydrogen) atoms. The molecule has 1 unspecified atom stereocenters. The summed E-state index contributed by atoms with van der Waals surface area (Å²) in [5.74, 6) is 1.69. The molecule has 1 aromatic heterocycles. The summed E-state index contributed by atoms with van der Waals surface area (Å²) in [4.78, 5) is 4.35. The molecule has 5 nitrogen and oxygen atoms in total. The molecule has 0 saturated carbocycles. The maximum atomic E-state index is 5.26. The molecule has 5 heteroatoms. The first kappa shape index (κ1) is 14.4. The van der Waals surface area contributed by atoms with Crippen LogP contribution in [0.4, 0.5) is 11.6 Å². The zero-order chi connectivity index (χ0) is 14.5. The highest BCUT2D eigenvalue weighted by Crippen LogP contribution is 2.24. The second-order valence-electron chi connectivity index (χ2n) is 4.77. The SMILES string of the molecule is COCC(C)n1ccnc1Nc1ccc(OC)c(C)c1. The van der Waals surface area contributed by atoms with E-state index in [0.29, 0.717) is 6.61 Å². The number of imidazole rings is 1. The number of benzene rings is 1. The van der Waals surface area contributed by atoms with Crippen LogP contribution < -0.4 is 10.1 Å². The van der Waals surface area contributed by atoms with Gasteiger partial charge in [-0.1, -0.05) is 0 Å². The third-order valence-electron chi connectivity index (χ3n) is 3.20. The molecular weight excluding hydrogens is 254 g/mol. The molecule has 0 radical (unpaired) electrons. The monoisotopic (exact) mass is 275 g/mol. The molecule has 2 aromatic rings. The Kier molecular flexibility index (Phi) is 4.63. The summed E-state index contributed by atoms with van der Waals surface area (Å²) >= 11 is 0. The molecule has 0 fully saturated rings. The lowest BCUT2D eigenvalue weighted by atomic mass is 10.2. The largest absolute Gasteiger partial charge is 0.496 e. The van der Waals surface area contributed by atoms with E-state index in [9.17, 15) is 0 Å². The third kappa shape index (κ3) is 3.11. The van der Waals surface area contributed by atoms with Crippen molar-refractivity contribution < 1.29 is 9.47 Å². The van der Waals surface area contributed by atoms with Crippen LogP contribution in [0.3, 0.4) is 0 Å². The average molecular weight is 275 g/mol. The first-order chi connectivity index (χ1) is 9.65. The van der Waals surface area contributed by atoms with Gasteiger partial charge in [-0.25, -0.2) is 4.98 Å². The Balaban J connectivity index is 2.18. The van der Waals surface area contributed by atoms with Crippen molar-refractivity contribution in [1.82, 2.24) is 9.55 Å². The molecule has 0 amide bonds. The Bertz CT molecular complexity index is 566. The lowest BCUT2D eigenvalue weighted by molar-refractivity contribution is 0.163. The fourth-order valence-electron chi connectivity index (χ4n) is 2.17. The van der Waals surface area contributed by atoms with Crippen molar-refractivity contribution in [2.24, 2.45) is 0 Å². The van der Waals surface area contributed by atoms with E-state index in [0.717, 1.165) is 22.9 Å². The Hall–Kier alpha value is -2.01.